The standard InChI is InChI=1S/C9H11NO4/c1-3-12-6-7-5-8(10-14-7)9(11)13-4-2/h3,5H,1,4,6H2,2H3. The van der Waals surface area contributed by atoms with Crippen LogP contribution in [-0.2, 0) is 16.1 Å². The van der Waals surface area contributed by atoms with E-state index in [0.29, 0.717) is 12.4 Å². The summed E-state index contributed by atoms with van der Waals surface area (Å²) in [4.78, 5) is 11.1. The Bertz CT molecular complexity index is 318. The molecule has 0 saturated heterocycles. The topological polar surface area (TPSA) is 61.6 Å². The Morgan fingerprint density at radius 2 is 2.57 bits per heavy atom. The number of hydrogen-bond donors (Lipinski definition) is 0. The highest BCUT2D eigenvalue weighted by Gasteiger charge is 2.12. The van der Waals surface area contributed by atoms with Crippen LogP contribution in [0.2, 0.25) is 0 Å². The van der Waals surface area contributed by atoms with Crippen LogP contribution < -0.4 is 0 Å². The van der Waals surface area contributed by atoms with Gasteiger partial charge in [0, 0.05) is 6.07 Å². The fourth-order valence-corrected chi connectivity index (χ4v) is 0.823. The third-order valence-electron chi connectivity index (χ3n) is 1.39. The molecular formula is C9H11NO4. The summed E-state index contributed by atoms with van der Waals surface area (Å²) in [6.07, 6.45) is 1.28. The summed E-state index contributed by atoms with van der Waals surface area (Å²) >= 11 is 0. The molecule has 0 radical (unpaired) electrons. The molecule has 76 valence electrons. The van der Waals surface area contributed by atoms with Crippen LogP contribution in [0, 0.1) is 0 Å². The van der Waals surface area contributed by atoms with Crippen molar-refractivity contribution in [1.82, 2.24) is 5.16 Å². The lowest BCUT2D eigenvalue weighted by molar-refractivity contribution is 0.0514. The van der Waals surface area contributed by atoms with E-state index in [4.69, 9.17) is 14.0 Å². The average molecular weight is 197 g/mol. The molecule has 5 heteroatoms. The van der Waals surface area contributed by atoms with E-state index in [-0.39, 0.29) is 12.3 Å². The fourth-order valence-electron chi connectivity index (χ4n) is 0.823. The smallest absolute Gasteiger partial charge is 0.360 e. The number of aromatic nitrogens is 1. The van der Waals surface area contributed by atoms with Crippen molar-refractivity contribution in [3.05, 3.63) is 30.4 Å². The number of ether oxygens (including phenoxy) is 2. The van der Waals surface area contributed by atoms with Gasteiger partial charge in [0.2, 0.25) is 0 Å². The van der Waals surface area contributed by atoms with Gasteiger partial charge < -0.3 is 14.0 Å². The van der Waals surface area contributed by atoms with E-state index in [1.54, 1.807) is 6.92 Å². The van der Waals surface area contributed by atoms with Gasteiger partial charge in [-0.1, -0.05) is 11.7 Å². The zero-order chi connectivity index (χ0) is 10.4. The summed E-state index contributed by atoms with van der Waals surface area (Å²) < 4.78 is 14.4. The molecule has 0 N–H and O–H groups in total. The van der Waals surface area contributed by atoms with Crippen molar-refractivity contribution in [2.45, 2.75) is 13.5 Å². The van der Waals surface area contributed by atoms with E-state index in [1.165, 1.54) is 12.3 Å². The molecule has 0 aliphatic rings. The van der Waals surface area contributed by atoms with E-state index >= 15 is 0 Å². The lowest BCUT2D eigenvalue weighted by Crippen LogP contribution is -2.04. The zero-order valence-electron chi connectivity index (χ0n) is 7.86. The van der Waals surface area contributed by atoms with Gasteiger partial charge in [0.25, 0.3) is 0 Å². The Morgan fingerprint density at radius 1 is 1.79 bits per heavy atom. The normalized spacial score (nSPS) is 9.50. The molecule has 0 bridgehead atoms. The first-order valence-electron chi connectivity index (χ1n) is 4.13. The highest BCUT2D eigenvalue weighted by molar-refractivity contribution is 5.87. The molecular weight excluding hydrogens is 186 g/mol. The van der Waals surface area contributed by atoms with Gasteiger partial charge in [0.05, 0.1) is 12.9 Å². The van der Waals surface area contributed by atoms with Crippen molar-refractivity contribution in [3.63, 3.8) is 0 Å². The van der Waals surface area contributed by atoms with Gasteiger partial charge in [-0.2, -0.15) is 0 Å². The third-order valence-corrected chi connectivity index (χ3v) is 1.39. The maximum Gasteiger partial charge on any atom is 0.360 e. The highest BCUT2D eigenvalue weighted by atomic mass is 16.5. The Morgan fingerprint density at radius 3 is 3.21 bits per heavy atom. The van der Waals surface area contributed by atoms with Crippen molar-refractivity contribution in [1.29, 1.82) is 0 Å². The van der Waals surface area contributed by atoms with Crippen LogP contribution in [0.3, 0.4) is 0 Å². The molecule has 0 atom stereocenters. The average Bonchev–Trinajstić information content (AvgIpc) is 2.63. The summed E-state index contributed by atoms with van der Waals surface area (Å²) in [5, 5.41) is 3.52. The van der Waals surface area contributed by atoms with Crippen LogP contribution in [-0.4, -0.2) is 17.7 Å². The number of carbonyl (C=O) groups is 1. The predicted molar refractivity (Wildman–Crippen MR) is 47.4 cm³/mol. The monoisotopic (exact) mass is 197 g/mol. The minimum atomic E-state index is -0.499. The van der Waals surface area contributed by atoms with Crippen LogP contribution in [0.25, 0.3) is 0 Å². The quantitative estimate of drug-likeness (QED) is 0.529. The van der Waals surface area contributed by atoms with Crippen LogP contribution in [0.5, 0.6) is 0 Å². The lowest BCUT2D eigenvalue weighted by atomic mass is 10.4. The summed E-state index contributed by atoms with van der Waals surface area (Å²) in [6.45, 7) is 5.61. The Hall–Kier alpha value is -1.78. The highest BCUT2D eigenvalue weighted by Crippen LogP contribution is 2.06. The third kappa shape index (κ3) is 2.62. The maximum absolute atomic E-state index is 11.1. The Labute approximate surface area is 81.3 Å². The molecule has 1 rings (SSSR count). The van der Waals surface area contributed by atoms with Gasteiger partial charge in [-0.05, 0) is 6.92 Å². The molecule has 0 spiro atoms. The number of hydrogen-bond acceptors (Lipinski definition) is 5. The predicted octanol–water partition coefficient (Wildman–Crippen LogP) is 1.51. The van der Waals surface area contributed by atoms with Crippen molar-refractivity contribution in [2.75, 3.05) is 6.61 Å². The summed E-state index contributed by atoms with van der Waals surface area (Å²) in [6, 6.07) is 1.47. The van der Waals surface area contributed by atoms with Crippen LogP contribution in [0.4, 0.5) is 0 Å². The molecule has 1 heterocycles. The van der Waals surface area contributed by atoms with Gasteiger partial charge in [-0.25, -0.2) is 4.79 Å². The summed E-state index contributed by atoms with van der Waals surface area (Å²) in [7, 11) is 0. The van der Waals surface area contributed by atoms with Crippen LogP contribution in [0.15, 0.2) is 23.4 Å². The first-order chi connectivity index (χ1) is 6.77. The minimum absolute atomic E-state index is 0.148. The van der Waals surface area contributed by atoms with Crippen LogP contribution >= 0.6 is 0 Å². The number of rotatable bonds is 5. The largest absolute Gasteiger partial charge is 0.494 e. The molecule has 5 nitrogen and oxygen atoms in total. The molecule has 14 heavy (non-hydrogen) atoms. The molecule has 0 saturated carbocycles. The molecule has 0 aromatic carbocycles. The van der Waals surface area contributed by atoms with E-state index in [0.717, 1.165) is 0 Å². The Kier molecular flexibility index (Phi) is 3.72. The number of nitrogens with zero attached hydrogens (tertiary/aromatic N) is 1. The van der Waals surface area contributed by atoms with Crippen molar-refractivity contribution in [3.8, 4) is 0 Å². The minimum Gasteiger partial charge on any atom is -0.494 e. The summed E-state index contributed by atoms with van der Waals surface area (Å²) in [5.74, 6) is -0.0472. The van der Waals surface area contributed by atoms with Gasteiger partial charge >= 0.3 is 5.97 Å². The molecule has 0 aliphatic carbocycles. The van der Waals surface area contributed by atoms with Gasteiger partial charge in [-0.15, -0.1) is 0 Å². The zero-order valence-corrected chi connectivity index (χ0v) is 7.86. The first kappa shape index (κ1) is 10.3. The first-order valence-corrected chi connectivity index (χ1v) is 4.13. The van der Waals surface area contributed by atoms with E-state index < -0.39 is 5.97 Å². The van der Waals surface area contributed by atoms with Crippen LogP contribution in [0.1, 0.15) is 23.2 Å². The second-order valence-electron chi connectivity index (χ2n) is 2.38. The number of esters is 1. The molecule has 1 aromatic rings. The molecule has 0 fully saturated rings. The molecule has 0 amide bonds. The van der Waals surface area contributed by atoms with Gasteiger partial charge in [-0.3, -0.25) is 0 Å². The van der Waals surface area contributed by atoms with E-state index in [2.05, 4.69) is 11.7 Å². The number of carbonyl (C=O) groups excluding carboxylic acids is 1. The van der Waals surface area contributed by atoms with Gasteiger partial charge in [0.15, 0.2) is 11.5 Å². The van der Waals surface area contributed by atoms with E-state index in [1.807, 2.05) is 0 Å². The van der Waals surface area contributed by atoms with Crippen molar-refractivity contribution >= 4 is 5.97 Å². The molecule has 0 aliphatic heterocycles. The van der Waals surface area contributed by atoms with Crippen molar-refractivity contribution in [2.24, 2.45) is 0 Å². The molecule has 1 aromatic heterocycles. The van der Waals surface area contributed by atoms with E-state index in [9.17, 15) is 4.79 Å². The van der Waals surface area contributed by atoms with Gasteiger partial charge in [0.1, 0.15) is 6.61 Å². The molecule has 0 unspecified atom stereocenters. The lowest BCUT2D eigenvalue weighted by Gasteiger charge is -1.94. The fraction of sp³-hybridized carbons (Fsp3) is 0.333. The summed E-state index contributed by atoms with van der Waals surface area (Å²) in [5.41, 5.74) is 0.148. The van der Waals surface area contributed by atoms with Crippen molar-refractivity contribution < 1.29 is 18.8 Å². The maximum atomic E-state index is 11.1. The Balaban J connectivity index is 2.58. The second-order valence-corrected chi connectivity index (χ2v) is 2.38. The second kappa shape index (κ2) is 5.06. The SMILES string of the molecule is C=COCc1cc(C(=O)OCC)no1.